The van der Waals surface area contributed by atoms with Crippen LogP contribution in [0.5, 0.6) is 5.75 Å². The zero-order valence-electron chi connectivity index (χ0n) is 17.5. The number of benzene rings is 2. The van der Waals surface area contributed by atoms with Crippen molar-refractivity contribution in [1.82, 2.24) is 20.6 Å². The van der Waals surface area contributed by atoms with Crippen LogP contribution in [0.25, 0.3) is 22.7 Å². The van der Waals surface area contributed by atoms with E-state index in [2.05, 4.69) is 20.6 Å². The lowest BCUT2D eigenvalue weighted by Gasteiger charge is -2.10. The van der Waals surface area contributed by atoms with E-state index in [1.807, 2.05) is 43.3 Å². The van der Waals surface area contributed by atoms with Gasteiger partial charge in [0.2, 0.25) is 5.89 Å². The molecule has 4 aromatic rings. The molecular weight excluding hydrogens is 424 g/mol. The van der Waals surface area contributed by atoms with E-state index >= 15 is 0 Å². The number of hydrogen-bond donors (Lipinski definition) is 2. The average Bonchev–Trinajstić information content (AvgIpc) is 3.26. The highest BCUT2D eigenvalue weighted by molar-refractivity contribution is 7.80. The van der Waals surface area contributed by atoms with Gasteiger partial charge in [0.15, 0.2) is 16.3 Å². The molecule has 162 valence electrons. The fourth-order valence-corrected chi connectivity index (χ4v) is 3.15. The second-order valence-corrected chi connectivity index (χ2v) is 7.46. The topological polar surface area (TPSA) is 89.3 Å². The van der Waals surface area contributed by atoms with Gasteiger partial charge in [0.1, 0.15) is 5.75 Å². The van der Waals surface area contributed by atoms with Gasteiger partial charge in [-0.3, -0.25) is 10.1 Å². The Morgan fingerprint density at radius 1 is 1.09 bits per heavy atom. The van der Waals surface area contributed by atoms with Crippen molar-refractivity contribution in [2.24, 2.45) is 0 Å². The molecule has 0 saturated heterocycles. The highest BCUT2D eigenvalue weighted by atomic mass is 32.1. The number of rotatable bonds is 7. The largest absolute Gasteiger partial charge is 0.494 e. The Morgan fingerprint density at radius 2 is 1.88 bits per heavy atom. The number of amides is 1. The molecule has 2 aromatic heterocycles. The maximum Gasteiger partial charge on any atom is 0.257 e. The monoisotopic (exact) mass is 446 g/mol. The quantitative estimate of drug-likeness (QED) is 0.405. The Kier molecular flexibility index (Phi) is 6.72. The summed E-state index contributed by atoms with van der Waals surface area (Å²) in [6, 6.07) is 18.4. The van der Waals surface area contributed by atoms with E-state index in [-0.39, 0.29) is 11.0 Å². The van der Waals surface area contributed by atoms with Crippen LogP contribution in [0.3, 0.4) is 0 Å². The molecule has 0 unspecified atom stereocenters. The van der Waals surface area contributed by atoms with Gasteiger partial charge in [-0.05, 0) is 72.7 Å². The van der Waals surface area contributed by atoms with Gasteiger partial charge < -0.3 is 14.5 Å². The molecule has 0 aliphatic rings. The van der Waals surface area contributed by atoms with Crippen LogP contribution >= 0.6 is 12.2 Å². The highest BCUT2D eigenvalue weighted by Crippen LogP contribution is 2.23. The minimum absolute atomic E-state index is 0.260. The Balaban J connectivity index is 1.29. The zero-order chi connectivity index (χ0) is 22.3. The summed E-state index contributed by atoms with van der Waals surface area (Å²) in [7, 11) is 0. The smallest absolute Gasteiger partial charge is 0.257 e. The number of thiocarbonyl (C=S) groups is 1. The van der Waals surface area contributed by atoms with Gasteiger partial charge in [-0.15, -0.1) is 0 Å². The van der Waals surface area contributed by atoms with Crippen LogP contribution in [0.1, 0.15) is 29.3 Å². The summed E-state index contributed by atoms with van der Waals surface area (Å²) in [5, 5.41) is 5.99. The lowest BCUT2D eigenvalue weighted by atomic mass is 10.1. The number of oxazole rings is 1. The molecule has 2 N–H and O–H groups in total. The minimum Gasteiger partial charge on any atom is -0.494 e. The summed E-state index contributed by atoms with van der Waals surface area (Å²) < 4.78 is 11.3. The molecule has 2 aromatic carbocycles. The first kappa shape index (κ1) is 21.5. The number of carbonyl (C=O) groups is 1. The number of hydrogen-bond acceptors (Lipinski definition) is 6. The first-order valence-corrected chi connectivity index (χ1v) is 10.7. The van der Waals surface area contributed by atoms with Gasteiger partial charge in [0, 0.05) is 23.9 Å². The van der Waals surface area contributed by atoms with Crippen LogP contribution < -0.4 is 15.4 Å². The molecule has 0 aliphatic carbocycles. The van der Waals surface area contributed by atoms with E-state index in [0.29, 0.717) is 35.8 Å². The average molecular weight is 447 g/mol. The second-order valence-electron chi connectivity index (χ2n) is 7.05. The molecule has 32 heavy (non-hydrogen) atoms. The third kappa shape index (κ3) is 5.28. The van der Waals surface area contributed by atoms with Gasteiger partial charge in [0.05, 0.1) is 6.61 Å². The molecule has 0 spiro atoms. The van der Waals surface area contributed by atoms with Gasteiger partial charge in [0.25, 0.3) is 5.91 Å². The van der Waals surface area contributed by atoms with E-state index < -0.39 is 0 Å². The molecule has 0 saturated carbocycles. The van der Waals surface area contributed by atoms with Crippen molar-refractivity contribution in [3.8, 4) is 17.2 Å². The van der Waals surface area contributed by atoms with Crippen molar-refractivity contribution in [1.29, 1.82) is 0 Å². The standard InChI is InChI=1S/C24H22N4O3S/c1-2-14-30-19-11-9-17(10-12-19)22(29)28-24(32)26-15-16-5-7-18(8-6-16)23-27-21-20(31-23)4-3-13-25-21/h3-13H,2,14-15H2,1H3,(H2,26,28,29,32). The van der Waals surface area contributed by atoms with E-state index in [9.17, 15) is 4.79 Å². The summed E-state index contributed by atoms with van der Waals surface area (Å²) in [6.07, 6.45) is 2.61. The first-order valence-electron chi connectivity index (χ1n) is 10.3. The van der Waals surface area contributed by atoms with Crippen molar-refractivity contribution in [2.75, 3.05) is 6.61 Å². The highest BCUT2D eigenvalue weighted by Gasteiger charge is 2.10. The molecule has 1 amide bonds. The van der Waals surface area contributed by atoms with Gasteiger partial charge in [-0.25, -0.2) is 4.98 Å². The lowest BCUT2D eigenvalue weighted by Crippen LogP contribution is -2.38. The predicted molar refractivity (Wildman–Crippen MR) is 126 cm³/mol. The number of nitrogens with zero attached hydrogens (tertiary/aromatic N) is 2. The SMILES string of the molecule is CCCOc1ccc(C(=O)NC(=S)NCc2ccc(-c3nc4ncccc4o3)cc2)cc1. The van der Waals surface area contributed by atoms with Gasteiger partial charge in [-0.1, -0.05) is 19.1 Å². The number of ether oxygens (including phenoxy) is 1. The molecular formula is C24H22N4O3S. The number of pyridine rings is 1. The molecule has 0 atom stereocenters. The first-order chi connectivity index (χ1) is 15.6. The summed E-state index contributed by atoms with van der Waals surface area (Å²) in [5.74, 6) is 0.984. The molecule has 2 heterocycles. The zero-order valence-corrected chi connectivity index (χ0v) is 18.3. The fraction of sp³-hybridized carbons (Fsp3) is 0.167. The van der Waals surface area contributed by atoms with Crippen LogP contribution in [0.4, 0.5) is 0 Å². The Hall–Kier alpha value is -3.78. The molecule has 0 radical (unpaired) electrons. The maximum atomic E-state index is 12.4. The van der Waals surface area contributed by atoms with Gasteiger partial charge in [-0.2, -0.15) is 4.98 Å². The predicted octanol–water partition coefficient (Wildman–Crippen LogP) is 4.48. The van der Waals surface area contributed by atoms with Crippen molar-refractivity contribution in [3.05, 3.63) is 78.0 Å². The molecule has 8 heteroatoms. The van der Waals surface area contributed by atoms with Crippen molar-refractivity contribution < 1.29 is 13.9 Å². The van der Waals surface area contributed by atoms with Crippen molar-refractivity contribution in [3.63, 3.8) is 0 Å². The van der Waals surface area contributed by atoms with E-state index in [4.69, 9.17) is 21.4 Å². The lowest BCUT2D eigenvalue weighted by molar-refractivity contribution is 0.0976. The van der Waals surface area contributed by atoms with Crippen LogP contribution in [0, 0.1) is 0 Å². The van der Waals surface area contributed by atoms with Crippen LogP contribution in [-0.2, 0) is 6.54 Å². The van der Waals surface area contributed by atoms with E-state index in [0.717, 1.165) is 23.3 Å². The number of carbonyl (C=O) groups excluding carboxylic acids is 1. The number of fused-ring (bicyclic) bond motifs is 1. The summed E-state index contributed by atoms with van der Waals surface area (Å²) in [4.78, 5) is 20.9. The van der Waals surface area contributed by atoms with E-state index in [1.165, 1.54) is 0 Å². The Morgan fingerprint density at radius 3 is 2.59 bits per heavy atom. The minimum atomic E-state index is -0.274. The summed E-state index contributed by atoms with van der Waals surface area (Å²) >= 11 is 5.25. The molecule has 4 rings (SSSR count). The van der Waals surface area contributed by atoms with Crippen LogP contribution in [-0.4, -0.2) is 27.6 Å². The van der Waals surface area contributed by atoms with Crippen LogP contribution in [0.2, 0.25) is 0 Å². The van der Waals surface area contributed by atoms with Crippen molar-refractivity contribution >= 4 is 34.5 Å². The third-order valence-electron chi connectivity index (χ3n) is 4.64. The Bertz CT molecular complexity index is 1190. The van der Waals surface area contributed by atoms with Gasteiger partial charge >= 0.3 is 0 Å². The molecule has 7 nitrogen and oxygen atoms in total. The van der Waals surface area contributed by atoms with E-state index in [1.54, 1.807) is 30.5 Å². The molecule has 0 aliphatic heterocycles. The fourth-order valence-electron chi connectivity index (χ4n) is 2.98. The van der Waals surface area contributed by atoms with Crippen molar-refractivity contribution in [2.45, 2.75) is 19.9 Å². The Labute approximate surface area is 190 Å². The third-order valence-corrected chi connectivity index (χ3v) is 4.88. The summed E-state index contributed by atoms with van der Waals surface area (Å²) in [6.45, 7) is 3.16. The number of aromatic nitrogens is 2. The molecule has 0 bridgehead atoms. The number of nitrogens with one attached hydrogen (secondary N) is 2. The normalized spacial score (nSPS) is 10.7. The second kappa shape index (κ2) is 10.0. The molecule has 0 fully saturated rings. The summed E-state index contributed by atoms with van der Waals surface area (Å²) in [5.41, 5.74) is 3.59. The van der Waals surface area contributed by atoms with Crippen LogP contribution in [0.15, 0.2) is 71.3 Å². The maximum absolute atomic E-state index is 12.4.